The Balaban J connectivity index is 1.49. The number of rotatable bonds is 4. The Hall–Kier alpha value is -3.36. The first-order valence-electron chi connectivity index (χ1n) is 10.1. The highest BCUT2D eigenvalue weighted by Gasteiger charge is 2.37. The Morgan fingerprint density at radius 3 is 2.84 bits per heavy atom. The Morgan fingerprint density at radius 2 is 2.10 bits per heavy atom. The standard InChI is InChI=1S/C22H20F3N5O/c1-12(22(23,24)25)28-21(31)17-11-27-30-9-7-14(10-19(17)30)15-6-8-26-20-16(15)4-5-18(29-20)13-2-3-13/h4-7,9-13H,2-3,8H2,1H3,(H,26,29)(H,28,31)/t12-/m1/s1. The fraction of sp³-hybridized carbons (Fsp3) is 0.318. The van der Waals surface area contributed by atoms with Crippen LogP contribution in [-0.2, 0) is 0 Å². The summed E-state index contributed by atoms with van der Waals surface area (Å²) in [4.78, 5) is 17.2. The van der Waals surface area contributed by atoms with Crippen LogP contribution in [0.5, 0.6) is 0 Å². The highest BCUT2D eigenvalue weighted by molar-refractivity contribution is 6.01. The van der Waals surface area contributed by atoms with Crippen LogP contribution in [0.1, 0.15) is 52.9 Å². The summed E-state index contributed by atoms with van der Waals surface area (Å²) in [7, 11) is 0. The first-order chi connectivity index (χ1) is 14.8. The average Bonchev–Trinajstić information content (AvgIpc) is 3.51. The second-order valence-corrected chi connectivity index (χ2v) is 7.95. The van der Waals surface area contributed by atoms with Gasteiger partial charge in [0.15, 0.2) is 0 Å². The van der Waals surface area contributed by atoms with E-state index in [1.807, 2.05) is 29.6 Å². The van der Waals surface area contributed by atoms with Gasteiger partial charge in [0.25, 0.3) is 5.91 Å². The molecule has 6 nitrogen and oxygen atoms in total. The van der Waals surface area contributed by atoms with E-state index < -0.39 is 18.1 Å². The van der Waals surface area contributed by atoms with Gasteiger partial charge in [-0.1, -0.05) is 6.08 Å². The summed E-state index contributed by atoms with van der Waals surface area (Å²) in [5.74, 6) is 0.560. The van der Waals surface area contributed by atoms with Crippen LogP contribution in [0.3, 0.4) is 0 Å². The maximum atomic E-state index is 12.8. The molecule has 1 aliphatic carbocycles. The molecule has 0 saturated heterocycles. The largest absolute Gasteiger partial charge is 0.408 e. The summed E-state index contributed by atoms with van der Waals surface area (Å²) in [6, 6.07) is 5.79. The van der Waals surface area contributed by atoms with E-state index in [-0.39, 0.29) is 5.56 Å². The van der Waals surface area contributed by atoms with Crippen molar-refractivity contribution < 1.29 is 18.0 Å². The van der Waals surface area contributed by atoms with Crippen molar-refractivity contribution in [2.45, 2.75) is 37.9 Å². The molecule has 1 fully saturated rings. The lowest BCUT2D eigenvalue weighted by molar-refractivity contribution is -0.149. The number of alkyl halides is 3. The number of halogens is 3. The Kier molecular flexibility index (Phi) is 4.49. The third kappa shape index (κ3) is 3.64. The number of nitrogens with one attached hydrogen (secondary N) is 2. The molecule has 0 radical (unpaired) electrons. The van der Waals surface area contributed by atoms with E-state index in [2.05, 4.69) is 10.4 Å². The molecule has 1 saturated carbocycles. The van der Waals surface area contributed by atoms with E-state index in [4.69, 9.17) is 4.98 Å². The Morgan fingerprint density at radius 1 is 1.29 bits per heavy atom. The van der Waals surface area contributed by atoms with Crippen LogP contribution in [0.15, 0.2) is 42.7 Å². The van der Waals surface area contributed by atoms with Crippen molar-refractivity contribution in [3.63, 3.8) is 0 Å². The SMILES string of the molecule is C[C@@H](NC(=O)c1cnn2ccc(C3=CCNc4nc(C5CC5)ccc43)cc12)C(F)(F)F. The average molecular weight is 427 g/mol. The minimum atomic E-state index is -4.51. The highest BCUT2D eigenvalue weighted by atomic mass is 19.4. The van der Waals surface area contributed by atoms with Gasteiger partial charge in [-0.15, -0.1) is 0 Å². The summed E-state index contributed by atoms with van der Waals surface area (Å²) in [5, 5.41) is 9.42. The molecule has 0 bridgehead atoms. The molecule has 0 spiro atoms. The molecule has 2 N–H and O–H groups in total. The van der Waals surface area contributed by atoms with Crippen LogP contribution < -0.4 is 10.6 Å². The molecular weight excluding hydrogens is 407 g/mol. The highest BCUT2D eigenvalue weighted by Crippen LogP contribution is 2.41. The van der Waals surface area contributed by atoms with Gasteiger partial charge in [0.2, 0.25) is 0 Å². The van der Waals surface area contributed by atoms with Crippen molar-refractivity contribution in [2.75, 3.05) is 11.9 Å². The van der Waals surface area contributed by atoms with Gasteiger partial charge >= 0.3 is 6.18 Å². The summed E-state index contributed by atoms with van der Waals surface area (Å²) < 4.78 is 40.0. The van der Waals surface area contributed by atoms with E-state index in [1.165, 1.54) is 23.6 Å². The third-order valence-electron chi connectivity index (χ3n) is 5.69. The smallest absolute Gasteiger partial charge is 0.366 e. The second kappa shape index (κ2) is 7.11. The molecule has 1 aliphatic heterocycles. The van der Waals surface area contributed by atoms with Crippen molar-refractivity contribution in [2.24, 2.45) is 0 Å². The van der Waals surface area contributed by atoms with Gasteiger partial charge in [0, 0.05) is 29.9 Å². The fourth-order valence-electron chi connectivity index (χ4n) is 3.75. The van der Waals surface area contributed by atoms with E-state index in [9.17, 15) is 18.0 Å². The zero-order valence-corrected chi connectivity index (χ0v) is 16.7. The summed E-state index contributed by atoms with van der Waals surface area (Å²) in [6.45, 7) is 1.53. The third-order valence-corrected chi connectivity index (χ3v) is 5.69. The van der Waals surface area contributed by atoms with Gasteiger partial charge in [-0.2, -0.15) is 18.3 Å². The summed E-state index contributed by atoms with van der Waals surface area (Å²) >= 11 is 0. The van der Waals surface area contributed by atoms with Gasteiger partial charge in [0.1, 0.15) is 11.9 Å². The van der Waals surface area contributed by atoms with Gasteiger partial charge in [-0.3, -0.25) is 4.79 Å². The number of nitrogens with zero attached hydrogens (tertiary/aromatic N) is 3. The van der Waals surface area contributed by atoms with Gasteiger partial charge in [0.05, 0.1) is 17.3 Å². The van der Waals surface area contributed by atoms with Crippen LogP contribution in [-0.4, -0.2) is 39.3 Å². The molecule has 1 atom stereocenters. The second-order valence-electron chi connectivity index (χ2n) is 7.95. The number of carbonyl (C=O) groups excluding carboxylic acids is 1. The predicted octanol–water partition coefficient (Wildman–Crippen LogP) is 4.14. The first kappa shape index (κ1) is 19.6. The molecule has 3 aromatic rings. The molecular formula is C22H20F3N5O. The molecule has 5 rings (SSSR count). The lowest BCUT2D eigenvalue weighted by Crippen LogP contribution is -2.43. The number of pyridine rings is 2. The molecule has 31 heavy (non-hydrogen) atoms. The van der Waals surface area contributed by atoms with Crippen LogP contribution >= 0.6 is 0 Å². The molecule has 0 aromatic carbocycles. The molecule has 4 heterocycles. The Bertz CT molecular complexity index is 1210. The number of aromatic nitrogens is 3. The number of hydrogen-bond acceptors (Lipinski definition) is 4. The van der Waals surface area contributed by atoms with E-state index >= 15 is 0 Å². The zero-order valence-electron chi connectivity index (χ0n) is 16.7. The van der Waals surface area contributed by atoms with Gasteiger partial charge in [-0.05, 0) is 55.2 Å². The van der Waals surface area contributed by atoms with Crippen LogP contribution in [0, 0.1) is 0 Å². The van der Waals surface area contributed by atoms with Crippen LogP contribution in [0.25, 0.3) is 11.1 Å². The van der Waals surface area contributed by atoms with Crippen molar-refractivity contribution >= 4 is 22.8 Å². The van der Waals surface area contributed by atoms with Gasteiger partial charge in [-0.25, -0.2) is 9.50 Å². The number of carbonyl (C=O) groups is 1. The van der Waals surface area contributed by atoms with E-state index in [0.717, 1.165) is 35.1 Å². The molecule has 1 amide bonds. The number of anilines is 1. The normalized spacial score (nSPS) is 17.0. The molecule has 160 valence electrons. The number of fused-ring (bicyclic) bond motifs is 2. The molecule has 0 unspecified atom stereocenters. The van der Waals surface area contributed by atoms with Crippen LogP contribution in [0.2, 0.25) is 0 Å². The lowest BCUT2D eigenvalue weighted by atomic mass is 9.95. The van der Waals surface area contributed by atoms with E-state index in [1.54, 1.807) is 12.3 Å². The van der Waals surface area contributed by atoms with Gasteiger partial charge < -0.3 is 10.6 Å². The fourth-order valence-corrected chi connectivity index (χ4v) is 3.75. The van der Waals surface area contributed by atoms with Crippen molar-refractivity contribution in [3.05, 3.63) is 65.1 Å². The Labute approximate surface area is 176 Å². The number of hydrogen-bond donors (Lipinski definition) is 2. The van der Waals surface area contributed by atoms with Crippen molar-refractivity contribution in [3.8, 4) is 0 Å². The zero-order chi connectivity index (χ0) is 21.8. The quantitative estimate of drug-likeness (QED) is 0.657. The lowest BCUT2D eigenvalue weighted by Gasteiger charge is -2.20. The van der Waals surface area contributed by atoms with Crippen LogP contribution in [0.4, 0.5) is 19.0 Å². The maximum Gasteiger partial charge on any atom is 0.408 e. The molecule has 2 aliphatic rings. The summed E-state index contributed by atoms with van der Waals surface area (Å²) in [6.07, 6.45) is 2.84. The van der Waals surface area contributed by atoms with Crippen molar-refractivity contribution in [1.82, 2.24) is 19.9 Å². The monoisotopic (exact) mass is 427 g/mol. The molecule has 9 heteroatoms. The molecule has 3 aromatic heterocycles. The minimum absolute atomic E-state index is 0.0925. The minimum Gasteiger partial charge on any atom is -0.366 e. The first-order valence-corrected chi connectivity index (χ1v) is 10.1. The topological polar surface area (TPSA) is 71.3 Å². The van der Waals surface area contributed by atoms with E-state index in [0.29, 0.717) is 18.0 Å². The van der Waals surface area contributed by atoms with Crippen molar-refractivity contribution in [1.29, 1.82) is 0 Å². The predicted molar refractivity (Wildman–Crippen MR) is 110 cm³/mol. The summed E-state index contributed by atoms with van der Waals surface area (Å²) in [5.41, 5.74) is 4.38. The number of amides is 1. The maximum absolute atomic E-state index is 12.8.